The molecule has 1 saturated carbocycles. The predicted molar refractivity (Wildman–Crippen MR) is 132 cm³/mol. The average molecular weight is 444 g/mol. The highest BCUT2D eigenvalue weighted by Gasteiger charge is 2.45. The summed E-state index contributed by atoms with van der Waals surface area (Å²) in [6.45, 7) is 5.18. The zero-order valence-electron chi connectivity index (χ0n) is 19.5. The summed E-state index contributed by atoms with van der Waals surface area (Å²) in [5.74, 6) is -0.188. The first-order valence-corrected chi connectivity index (χ1v) is 12.4. The molecule has 0 N–H and O–H groups in total. The van der Waals surface area contributed by atoms with Gasteiger partial charge in [0.15, 0.2) is 0 Å². The van der Waals surface area contributed by atoms with Crippen LogP contribution in [0.4, 0.5) is 5.69 Å². The van der Waals surface area contributed by atoms with Gasteiger partial charge < -0.3 is 9.80 Å². The van der Waals surface area contributed by atoms with Crippen molar-refractivity contribution in [2.75, 3.05) is 31.1 Å². The second kappa shape index (κ2) is 9.42. The highest BCUT2D eigenvalue weighted by Crippen LogP contribution is 2.36. The normalized spacial score (nSPS) is 20.6. The number of hydrogen-bond donors (Lipinski definition) is 0. The number of aryl methyl sites for hydroxylation is 1. The Morgan fingerprint density at radius 2 is 1.30 bits per heavy atom. The Kier molecular flexibility index (Phi) is 6.21. The fourth-order valence-corrected chi connectivity index (χ4v) is 5.48. The topological polar surface area (TPSA) is 43.9 Å². The molecule has 0 bridgehead atoms. The van der Waals surface area contributed by atoms with E-state index in [-0.39, 0.29) is 17.9 Å². The van der Waals surface area contributed by atoms with E-state index in [0.29, 0.717) is 11.3 Å². The van der Waals surface area contributed by atoms with Crippen LogP contribution in [0.1, 0.15) is 49.7 Å². The van der Waals surface area contributed by atoms with Gasteiger partial charge >= 0.3 is 0 Å². The monoisotopic (exact) mass is 443 g/mol. The molecule has 2 aromatic carbocycles. The third-order valence-electron chi connectivity index (χ3n) is 7.34. The molecule has 33 heavy (non-hydrogen) atoms. The summed E-state index contributed by atoms with van der Waals surface area (Å²) in [5.41, 5.74) is 4.42. The van der Waals surface area contributed by atoms with Gasteiger partial charge in [-0.1, -0.05) is 73.7 Å². The highest BCUT2D eigenvalue weighted by atomic mass is 16.2. The van der Waals surface area contributed by atoms with Crippen molar-refractivity contribution < 1.29 is 9.59 Å². The molecule has 0 radical (unpaired) electrons. The number of hydrogen-bond acceptors (Lipinski definition) is 4. The highest BCUT2D eigenvalue weighted by molar-refractivity contribution is 6.35. The van der Waals surface area contributed by atoms with Crippen molar-refractivity contribution in [3.8, 4) is 0 Å². The molecule has 0 spiro atoms. The Morgan fingerprint density at radius 1 is 0.697 bits per heavy atom. The van der Waals surface area contributed by atoms with Gasteiger partial charge in [0.25, 0.3) is 11.8 Å². The smallest absolute Gasteiger partial charge is 0.278 e. The van der Waals surface area contributed by atoms with E-state index in [0.717, 1.165) is 63.0 Å². The fourth-order valence-electron chi connectivity index (χ4n) is 5.48. The van der Waals surface area contributed by atoms with Gasteiger partial charge in [-0.2, -0.15) is 0 Å². The number of benzene rings is 2. The van der Waals surface area contributed by atoms with Crippen molar-refractivity contribution in [1.82, 2.24) is 9.80 Å². The van der Waals surface area contributed by atoms with E-state index in [1.807, 2.05) is 37.3 Å². The van der Waals surface area contributed by atoms with Gasteiger partial charge in [0.2, 0.25) is 0 Å². The van der Waals surface area contributed by atoms with Crippen LogP contribution in [0.5, 0.6) is 0 Å². The number of nitrogens with zero attached hydrogens (tertiary/aromatic N) is 3. The number of carbonyl (C=O) groups is 2. The van der Waals surface area contributed by atoms with Gasteiger partial charge in [-0.15, -0.1) is 0 Å². The van der Waals surface area contributed by atoms with Crippen molar-refractivity contribution in [3.05, 3.63) is 71.4 Å². The third-order valence-corrected chi connectivity index (χ3v) is 7.34. The number of amides is 2. The van der Waals surface area contributed by atoms with Crippen LogP contribution in [0.2, 0.25) is 0 Å². The summed E-state index contributed by atoms with van der Waals surface area (Å²) in [6, 6.07) is 18.5. The molecule has 1 saturated heterocycles. The fraction of sp³-hybridized carbons (Fsp3) is 0.429. The lowest BCUT2D eigenvalue weighted by molar-refractivity contribution is -0.140. The number of anilines is 1. The Hall–Kier alpha value is -3.08. The van der Waals surface area contributed by atoms with Crippen LogP contribution in [0.3, 0.4) is 0 Å². The molecule has 2 heterocycles. The van der Waals surface area contributed by atoms with Crippen molar-refractivity contribution in [2.24, 2.45) is 0 Å². The summed E-state index contributed by atoms with van der Waals surface area (Å²) in [7, 11) is 0. The SMILES string of the molecule is Cc1ccc(C2=C(N3CCN(c4ccccc4)CC3)C(=O)N(C3CCCCCC3)C2=O)cc1. The largest absolute Gasteiger partial charge is 0.368 e. The van der Waals surface area contributed by atoms with Crippen molar-refractivity contribution in [1.29, 1.82) is 0 Å². The van der Waals surface area contributed by atoms with Gasteiger partial charge in [0.1, 0.15) is 5.70 Å². The average Bonchev–Trinajstić information content (AvgIpc) is 3.00. The Morgan fingerprint density at radius 3 is 1.94 bits per heavy atom. The van der Waals surface area contributed by atoms with E-state index in [4.69, 9.17) is 0 Å². The number of rotatable bonds is 4. The lowest BCUT2D eigenvalue weighted by atomic mass is 10.0. The number of imide groups is 1. The van der Waals surface area contributed by atoms with Crippen LogP contribution in [0.15, 0.2) is 60.3 Å². The zero-order valence-corrected chi connectivity index (χ0v) is 19.5. The van der Waals surface area contributed by atoms with Crippen LogP contribution < -0.4 is 4.90 Å². The van der Waals surface area contributed by atoms with E-state index in [9.17, 15) is 9.59 Å². The van der Waals surface area contributed by atoms with Gasteiger partial charge in [-0.25, -0.2) is 0 Å². The number of para-hydroxylation sites is 1. The van der Waals surface area contributed by atoms with E-state index in [1.54, 1.807) is 4.90 Å². The summed E-state index contributed by atoms with van der Waals surface area (Å²) in [6.07, 6.45) is 6.42. The molecule has 5 rings (SSSR count). The molecule has 2 amide bonds. The predicted octanol–water partition coefficient (Wildman–Crippen LogP) is 4.62. The van der Waals surface area contributed by atoms with Gasteiger partial charge in [0, 0.05) is 37.9 Å². The summed E-state index contributed by atoms with van der Waals surface area (Å²) in [5, 5.41) is 0. The van der Waals surface area contributed by atoms with E-state index in [1.165, 1.54) is 18.5 Å². The molecule has 2 aliphatic heterocycles. The van der Waals surface area contributed by atoms with Crippen molar-refractivity contribution >= 4 is 23.1 Å². The van der Waals surface area contributed by atoms with Gasteiger partial charge in [0.05, 0.1) is 5.57 Å². The first-order valence-electron chi connectivity index (χ1n) is 12.4. The molecule has 0 aromatic heterocycles. The molecule has 2 aromatic rings. The van der Waals surface area contributed by atoms with Crippen LogP contribution in [-0.2, 0) is 9.59 Å². The van der Waals surface area contributed by atoms with Crippen molar-refractivity contribution in [3.63, 3.8) is 0 Å². The van der Waals surface area contributed by atoms with E-state index < -0.39 is 0 Å². The quantitative estimate of drug-likeness (QED) is 0.511. The van der Waals surface area contributed by atoms with E-state index >= 15 is 0 Å². The number of carbonyl (C=O) groups excluding carboxylic acids is 2. The van der Waals surface area contributed by atoms with Gasteiger partial charge in [-0.3, -0.25) is 14.5 Å². The maximum Gasteiger partial charge on any atom is 0.278 e. The molecule has 1 aliphatic carbocycles. The molecule has 5 heteroatoms. The summed E-state index contributed by atoms with van der Waals surface area (Å²) >= 11 is 0. The summed E-state index contributed by atoms with van der Waals surface area (Å²) in [4.78, 5) is 33.7. The van der Waals surface area contributed by atoms with Crippen molar-refractivity contribution in [2.45, 2.75) is 51.5 Å². The van der Waals surface area contributed by atoms with Crippen LogP contribution in [0, 0.1) is 6.92 Å². The lowest BCUT2D eigenvalue weighted by Crippen LogP contribution is -2.48. The molecule has 5 nitrogen and oxygen atoms in total. The second-order valence-corrected chi connectivity index (χ2v) is 9.52. The summed E-state index contributed by atoms with van der Waals surface area (Å²) < 4.78 is 0. The minimum atomic E-state index is -0.101. The lowest BCUT2D eigenvalue weighted by Gasteiger charge is -2.38. The molecule has 0 unspecified atom stereocenters. The van der Waals surface area contributed by atoms with Crippen LogP contribution >= 0.6 is 0 Å². The molecular weight excluding hydrogens is 410 g/mol. The van der Waals surface area contributed by atoms with Gasteiger partial charge in [-0.05, 0) is 37.5 Å². The molecule has 3 aliphatic rings. The Balaban J connectivity index is 1.45. The Bertz CT molecular complexity index is 1030. The molecular formula is C28H33N3O2. The maximum atomic E-state index is 13.8. The third kappa shape index (κ3) is 4.29. The molecule has 2 fully saturated rings. The van der Waals surface area contributed by atoms with E-state index in [2.05, 4.69) is 34.1 Å². The second-order valence-electron chi connectivity index (χ2n) is 9.52. The van der Waals surface area contributed by atoms with Crippen LogP contribution in [-0.4, -0.2) is 53.8 Å². The molecule has 172 valence electrons. The van der Waals surface area contributed by atoms with Crippen LogP contribution in [0.25, 0.3) is 5.57 Å². The Labute approximate surface area is 196 Å². The zero-order chi connectivity index (χ0) is 22.8. The first-order chi connectivity index (χ1) is 16.1. The standard InChI is InChI=1S/C28H33N3O2/c1-21-13-15-22(16-14-21)25-26(28(33)31(27(25)32)24-11-5-2-3-6-12-24)30-19-17-29(18-20-30)23-9-7-4-8-10-23/h4,7-10,13-16,24H,2-3,5-6,11-12,17-20H2,1H3. The minimum absolute atomic E-state index is 0.0241. The molecule has 0 atom stereocenters. The number of piperazine rings is 1. The minimum Gasteiger partial charge on any atom is -0.368 e. The first kappa shape index (κ1) is 21.7. The maximum absolute atomic E-state index is 13.8.